The van der Waals surface area contributed by atoms with Crippen LogP contribution in [0.25, 0.3) is 0 Å². The van der Waals surface area contributed by atoms with Gasteiger partial charge in [-0.25, -0.2) is 0 Å². The molecule has 2 fully saturated rings. The molecule has 1 atom stereocenters. The van der Waals surface area contributed by atoms with Crippen molar-refractivity contribution in [1.82, 2.24) is 10.2 Å². The highest BCUT2D eigenvalue weighted by Gasteiger charge is 2.26. The Morgan fingerprint density at radius 2 is 1.76 bits per heavy atom. The molecule has 4 heteroatoms. The fourth-order valence-electron chi connectivity index (χ4n) is 3.49. The van der Waals surface area contributed by atoms with Gasteiger partial charge in [0.05, 0.1) is 6.54 Å². The number of ether oxygens (including phenoxy) is 1. The summed E-state index contributed by atoms with van der Waals surface area (Å²) in [5, 5.41) is 3.82. The zero-order valence-electron chi connectivity index (χ0n) is 14.0. The lowest BCUT2D eigenvalue weighted by atomic mass is 9.94. The van der Waals surface area contributed by atoms with Crippen LogP contribution in [-0.2, 0) is 9.53 Å². The van der Waals surface area contributed by atoms with Gasteiger partial charge in [0, 0.05) is 18.6 Å². The molecule has 1 saturated carbocycles. The van der Waals surface area contributed by atoms with Gasteiger partial charge in [0.25, 0.3) is 0 Å². The third-order valence-corrected chi connectivity index (χ3v) is 4.35. The summed E-state index contributed by atoms with van der Waals surface area (Å²) in [7, 11) is 0. The second-order valence-electron chi connectivity index (χ2n) is 7.66. The maximum Gasteiger partial charge on any atom is 0.320 e. The number of likely N-dealkylation sites (tertiary alicyclic amines) is 1. The first-order valence-corrected chi connectivity index (χ1v) is 8.62. The summed E-state index contributed by atoms with van der Waals surface area (Å²) in [5.41, 5.74) is -0.382. The fourth-order valence-corrected chi connectivity index (χ4v) is 3.49. The van der Waals surface area contributed by atoms with E-state index in [9.17, 15) is 4.79 Å². The highest BCUT2D eigenvalue weighted by atomic mass is 16.6. The Hall–Kier alpha value is -0.610. The molecule has 0 radical (unpaired) electrons. The Labute approximate surface area is 129 Å². The molecule has 0 spiro atoms. The number of hydrogen-bond acceptors (Lipinski definition) is 4. The monoisotopic (exact) mass is 296 g/mol. The van der Waals surface area contributed by atoms with Gasteiger partial charge in [-0.3, -0.25) is 9.69 Å². The molecular weight excluding hydrogens is 264 g/mol. The molecule has 1 N–H and O–H groups in total. The highest BCUT2D eigenvalue weighted by Crippen LogP contribution is 2.20. The lowest BCUT2D eigenvalue weighted by Gasteiger charge is -2.36. The number of carbonyl (C=O) groups is 1. The Kier molecular flexibility index (Phi) is 6.06. The summed E-state index contributed by atoms with van der Waals surface area (Å²) in [6, 6.07) is 1.24. The molecule has 1 unspecified atom stereocenters. The molecule has 2 rings (SSSR count). The standard InChI is InChI=1S/C17H32N2O2/c1-17(2,3)21-16(20)13-19-11-7-10-15(12-19)18-14-8-5-4-6-9-14/h14-15,18H,4-13H2,1-3H3. The van der Waals surface area contributed by atoms with Gasteiger partial charge in [-0.1, -0.05) is 19.3 Å². The van der Waals surface area contributed by atoms with Crippen LogP contribution in [0.1, 0.15) is 65.7 Å². The molecule has 1 aliphatic heterocycles. The molecule has 0 aromatic heterocycles. The van der Waals surface area contributed by atoms with Crippen LogP contribution in [0.2, 0.25) is 0 Å². The van der Waals surface area contributed by atoms with Crippen molar-refractivity contribution in [2.75, 3.05) is 19.6 Å². The largest absolute Gasteiger partial charge is 0.459 e. The van der Waals surface area contributed by atoms with Crippen LogP contribution in [0.5, 0.6) is 0 Å². The molecule has 1 heterocycles. The molecule has 1 aliphatic carbocycles. The van der Waals surface area contributed by atoms with E-state index in [0.29, 0.717) is 18.6 Å². The van der Waals surface area contributed by atoms with Gasteiger partial charge in [-0.05, 0) is 53.0 Å². The summed E-state index contributed by atoms with van der Waals surface area (Å²) in [6.07, 6.45) is 9.19. The molecule has 0 amide bonds. The normalized spacial score (nSPS) is 25.8. The van der Waals surface area contributed by atoms with Crippen molar-refractivity contribution in [3.63, 3.8) is 0 Å². The fraction of sp³-hybridized carbons (Fsp3) is 0.941. The molecule has 0 aromatic carbocycles. The van der Waals surface area contributed by atoms with Crippen molar-refractivity contribution >= 4 is 5.97 Å². The lowest BCUT2D eigenvalue weighted by molar-refractivity contribution is -0.156. The smallest absolute Gasteiger partial charge is 0.320 e. The predicted molar refractivity (Wildman–Crippen MR) is 85.3 cm³/mol. The summed E-state index contributed by atoms with van der Waals surface area (Å²) in [5.74, 6) is -0.0965. The van der Waals surface area contributed by atoms with Gasteiger partial charge >= 0.3 is 5.97 Å². The third-order valence-electron chi connectivity index (χ3n) is 4.35. The van der Waals surface area contributed by atoms with Crippen LogP contribution in [0.4, 0.5) is 0 Å². The Bertz CT molecular complexity index is 332. The van der Waals surface area contributed by atoms with Gasteiger partial charge < -0.3 is 10.1 Å². The SMILES string of the molecule is CC(C)(C)OC(=O)CN1CCCC(NC2CCCCC2)C1. The van der Waals surface area contributed by atoms with Gasteiger partial charge in [0.1, 0.15) is 5.60 Å². The van der Waals surface area contributed by atoms with E-state index in [1.54, 1.807) is 0 Å². The number of hydrogen-bond donors (Lipinski definition) is 1. The van der Waals surface area contributed by atoms with Crippen molar-refractivity contribution in [1.29, 1.82) is 0 Å². The van der Waals surface area contributed by atoms with Gasteiger partial charge in [-0.2, -0.15) is 0 Å². The van der Waals surface area contributed by atoms with E-state index in [1.807, 2.05) is 20.8 Å². The molecule has 21 heavy (non-hydrogen) atoms. The van der Waals surface area contributed by atoms with Crippen LogP contribution in [0, 0.1) is 0 Å². The molecule has 0 aromatic rings. The molecular formula is C17H32N2O2. The van der Waals surface area contributed by atoms with E-state index < -0.39 is 0 Å². The first kappa shape index (κ1) is 16.8. The van der Waals surface area contributed by atoms with Crippen molar-refractivity contribution in [3.8, 4) is 0 Å². The summed E-state index contributed by atoms with van der Waals surface area (Å²) < 4.78 is 5.42. The zero-order chi connectivity index (χ0) is 15.3. The van der Waals surface area contributed by atoms with Crippen molar-refractivity contribution in [2.45, 2.75) is 83.4 Å². The van der Waals surface area contributed by atoms with E-state index >= 15 is 0 Å². The summed E-state index contributed by atoms with van der Waals surface area (Å²) in [6.45, 7) is 8.20. The van der Waals surface area contributed by atoms with Crippen molar-refractivity contribution in [3.05, 3.63) is 0 Å². The number of esters is 1. The number of carbonyl (C=O) groups excluding carboxylic acids is 1. The third kappa shape index (κ3) is 6.35. The van der Waals surface area contributed by atoms with E-state index in [0.717, 1.165) is 13.1 Å². The minimum absolute atomic E-state index is 0.0965. The zero-order valence-corrected chi connectivity index (χ0v) is 14.0. The van der Waals surface area contributed by atoms with Crippen LogP contribution in [-0.4, -0.2) is 48.2 Å². The Balaban J connectivity index is 1.73. The van der Waals surface area contributed by atoms with Crippen molar-refractivity contribution in [2.24, 2.45) is 0 Å². The maximum absolute atomic E-state index is 11.9. The average Bonchev–Trinajstić information content (AvgIpc) is 2.38. The lowest BCUT2D eigenvalue weighted by Crippen LogP contribution is -2.50. The first-order valence-electron chi connectivity index (χ1n) is 8.62. The molecule has 0 bridgehead atoms. The number of piperidine rings is 1. The quantitative estimate of drug-likeness (QED) is 0.810. The topological polar surface area (TPSA) is 41.6 Å². The summed E-state index contributed by atoms with van der Waals surface area (Å²) >= 11 is 0. The Morgan fingerprint density at radius 3 is 2.43 bits per heavy atom. The first-order chi connectivity index (χ1) is 9.92. The van der Waals surface area contributed by atoms with Gasteiger partial charge in [-0.15, -0.1) is 0 Å². The van der Waals surface area contributed by atoms with Crippen LogP contribution < -0.4 is 5.32 Å². The Morgan fingerprint density at radius 1 is 1.10 bits per heavy atom. The molecule has 2 aliphatic rings. The van der Waals surface area contributed by atoms with E-state index in [4.69, 9.17) is 4.74 Å². The van der Waals surface area contributed by atoms with Crippen LogP contribution >= 0.6 is 0 Å². The second kappa shape index (κ2) is 7.59. The minimum atomic E-state index is -0.382. The highest BCUT2D eigenvalue weighted by molar-refractivity contribution is 5.72. The molecule has 1 saturated heterocycles. The number of nitrogens with zero attached hydrogens (tertiary/aromatic N) is 1. The van der Waals surface area contributed by atoms with Gasteiger partial charge in [0.2, 0.25) is 0 Å². The van der Waals surface area contributed by atoms with Gasteiger partial charge in [0.15, 0.2) is 0 Å². The van der Waals surface area contributed by atoms with E-state index in [1.165, 1.54) is 44.9 Å². The summed E-state index contributed by atoms with van der Waals surface area (Å²) in [4.78, 5) is 14.2. The minimum Gasteiger partial charge on any atom is -0.459 e. The van der Waals surface area contributed by atoms with Crippen molar-refractivity contribution < 1.29 is 9.53 Å². The average molecular weight is 296 g/mol. The van der Waals surface area contributed by atoms with E-state index in [-0.39, 0.29) is 11.6 Å². The van der Waals surface area contributed by atoms with Crippen LogP contribution in [0.15, 0.2) is 0 Å². The van der Waals surface area contributed by atoms with E-state index in [2.05, 4.69) is 10.2 Å². The van der Waals surface area contributed by atoms with Crippen LogP contribution in [0.3, 0.4) is 0 Å². The maximum atomic E-state index is 11.9. The molecule has 4 nitrogen and oxygen atoms in total. The predicted octanol–water partition coefficient (Wildman–Crippen LogP) is 2.71. The number of rotatable bonds is 4. The number of nitrogens with one attached hydrogen (secondary N) is 1. The molecule has 122 valence electrons. The second-order valence-corrected chi connectivity index (χ2v) is 7.66.